The molecule has 1 N–H and O–H groups in total. The molecule has 144 valence electrons. The Morgan fingerprint density at radius 3 is 2.46 bits per heavy atom. The third kappa shape index (κ3) is 5.67. The summed E-state index contributed by atoms with van der Waals surface area (Å²) in [4.78, 5) is 12.2. The highest BCUT2D eigenvalue weighted by atomic mass is 32.2. The number of aryl methyl sites for hydroxylation is 2. The molecule has 5 heteroatoms. The lowest BCUT2D eigenvalue weighted by molar-refractivity contribution is -0.113. The molecule has 0 aliphatic heterocycles. The number of amides is 1. The molecule has 0 saturated carbocycles. The van der Waals surface area contributed by atoms with Gasteiger partial charge >= 0.3 is 0 Å². The summed E-state index contributed by atoms with van der Waals surface area (Å²) in [5.41, 5.74) is 5.21. The molecule has 0 spiro atoms. The second-order valence-corrected chi connectivity index (χ2v) is 7.70. The number of aromatic nitrogens is 2. The Balaban J connectivity index is 1.51. The van der Waals surface area contributed by atoms with Crippen molar-refractivity contribution in [3.63, 3.8) is 0 Å². The number of anilines is 1. The molecule has 4 nitrogen and oxygen atoms in total. The fraction of sp³-hybridized carbons (Fsp3) is 0.261. The highest BCUT2D eigenvalue weighted by Crippen LogP contribution is 2.22. The second kappa shape index (κ2) is 10.0. The monoisotopic (exact) mass is 391 g/mol. The first-order valence-corrected chi connectivity index (χ1v) is 10.6. The minimum atomic E-state index is -0.0453. The summed E-state index contributed by atoms with van der Waals surface area (Å²) in [7, 11) is 0. The van der Waals surface area contributed by atoms with Gasteiger partial charge < -0.3 is 5.32 Å². The molecule has 0 bridgehead atoms. The molecule has 1 aromatic heterocycles. The van der Waals surface area contributed by atoms with Crippen LogP contribution in [0.25, 0.3) is 11.3 Å². The topological polar surface area (TPSA) is 54.9 Å². The van der Waals surface area contributed by atoms with Gasteiger partial charge in [-0.2, -0.15) is 0 Å². The summed E-state index contributed by atoms with van der Waals surface area (Å²) >= 11 is 1.38. The van der Waals surface area contributed by atoms with Gasteiger partial charge in [0, 0.05) is 11.3 Å². The first kappa shape index (κ1) is 20.1. The number of carbonyl (C=O) groups excluding carboxylic acids is 1. The Morgan fingerprint density at radius 2 is 1.79 bits per heavy atom. The number of thioether (sulfide) groups is 1. The third-order valence-corrected chi connectivity index (χ3v) is 5.39. The van der Waals surface area contributed by atoms with Crippen LogP contribution >= 0.6 is 11.8 Å². The molecule has 1 amide bonds. The van der Waals surface area contributed by atoms with Gasteiger partial charge in [-0.1, -0.05) is 61.5 Å². The lowest BCUT2D eigenvalue weighted by Crippen LogP contribution is -2.14. The van der Waals surface area contributed by atoms with Crippen LogP contribution in [-0.2, 0) is 11.2 Å². The molecule has 0 aliphatic rings. The van der Waals surface area contributed by atoms with Crippen molar-refractivity contribution < 1.29 is 4.79 Å². The average molecular weight is 392 g/mol. The first-order chi connectivity index (χ1) is 13.7. The van der Waals surface area contributed by atoms with Gasteiger partial charge in [-0.15, -0.1) is 10.2 Å². The number of nitrogens with zero attached hydrogens (tertiary/aromatic N) is 2. The predicted molar refractivity (Wildman–Crippen MR) is 117 cm³/mol. The molecule has 0 fully saturated rings. The van der Waals surface area contributed by atoms with E-state index in [1.165, 1.54) is 30.2 Å². The van der Waals surface area contributed by atoms with Crippen molar-refractivity contribution in [1.82, 2.24) is 10.2 Å². The number of hydrogen-bond donors (Lipinski definition) is 1. The predicted octanol–water partition coefficient (Wildman–Crippen LogP) is 5.53. The van der Waals surface area contributed by atoms with E-state index in [1.807, 2.05) is 42.5 Å². The largest absolute Gasteiger partial charge is 0.325 e. The van der Waals surface area contributed by atoms with E-state index in [4.69, 9.17) is 0 Å². The normalized spacial score (nSPS) is 10.6. The van der Waals surface area contributed by atoms with Gasteiger partial charge in [-0.3, -0.25) is 4.79 Å². The summed E-state index contributed by atoms with van der Waals surface area (Å²) in [5, 5.41) is 12.2. The van der Waals surface area contributed by atoms with Crippen molar-refractivity contribution in [2.24, 2.45) is 0 Å². The zero-order chi connectivity index (χ0) is 19.8. The van der Waals surface area contributed by atoms with Gasteiger partial charge in [0.1, 0.15) is 5.03 Å². The molecule has 0 saturated heterocycles. The molecular weight excluding hydrogens is 366 g/mol. The summed E-state index contributed by atoms with van der Waals surface area (Å²) < 4.78 is 0. The molecule has 0 atom stereocenters. The summed E-state index contributed by atoms with van der Waals surface area (Å²) in [6, 6.07) is 20.0. The van der Waals surface area contributed by atoms with E-state index < -0.39 is 0 Å². The molecule has 28 heavy (non-hydrogen) atoms. The quantitative estimate of drug-likeness (QED) is 0.513. The van der Waals surface area contributed by atoms with Crippen molar-refractivity contribution in [3.05, 3.63) is 71.8 Å². The van der Waals surface area contributed by atoms with Crippen molar-refractivity contribution in [2.75, 3.05) is 11.1 Å². The SMILES string of the molecule is CCCCc1ccc(NC(=O)CSc2ccc(-c3ccccc3C)nn2)cc1. The fourth-order valence-electron chi connectivity index (χ4n) is 2.87. The van der Waals surface area contributed by atoms with Crippen LogP contribution in [0.4, 0.5) is 5.69 Å². The lowest BCUT2D eigenvalue weighted by Gasteiger charge is -2.07. The van der Waals surface area contributed by atoms with Gasteiger partial charge in [0.05, 0.1) is 11.4 Å². The van der Waals surface area contributed by atoms with Gasteiger partial charge in [-0.05, 0) is 55.2 Å². The van der Waals surface area contributed by atoms with Gasteiger partial charge in [0.25, 0.3) is 0 Å². The number of benzene rings is 2. The first-order valence-electron chi connectivity index (χ1n) is 9.57. The number of rotatable bonds is 8. The van der Waals surface area contributed by atoms with E-state index in [0.717, 1.165) is 34.0 Å². The van der Waals surface area contributed by atoms with Crippen molar-refractivity contribution in [1.29, 1.82) is 0 Å². The molecule has 0 unspecified atom stereocenters. The maximum Gasteiger partial charge on any atom is 0.234 e. The number of unbranched alkanes of at least 4 members (excludes halogenated alkanes) is 1. The standard InChI is InChI=1S/C23H25N3OS/c1-3-4-8-18-10-12-19(13-11-18)24-22(27)16-28-23-15-14-21(25-26-23)20-9-6-5-7-17(20)2/h5-7,9-15H,3-4,8,16H2,1-2H3,(H,24,27). The Labute approximate surface area is 170 Å². The molecule has 2 aromatic carbocycles. The second-order valence-electron chi connectivity index (χ2n) is 6.71. The van der Waals surface area contributed by atoms with E-state index in [1.54, 1.807) is 0 Å². The summed E-state index contributed by atoms with van der Waals surface area (Å²) in [5.74, 6) is 0.256. The Bertz CT molecular complexity index is 908. The number of carbonyl (C=O) groups is 1. The fourth-order valence-corrected chi connectivity index (χ4v) is 3.49. The van der Waals surface area contributed by atoms with Crippen molar-refractivity contribution in [3.8, 4) is 11.3 Å². The van der Waals surface area contributed by atoms with Crippen LogP contribution in [0.5, 0.6) is 0 Å². The Kier molecular flexibility index (Phi) is 7.20. The van der Waals surface area contributed by atoms with E-state index >= 15 is 0 Å². The van der Waals surface area contributed by atoms with Gasteiger partial charge in [-0.25, -0.2) is 0 Å². The summed E-state index contributed by atoms with van der Waals surface area (Å²) in [6.45, 7) is 4.24. The molecular formula is C23H25N3OS. The minimum Gasteiger partial charge on any atom is -0.325 e. The maximum atomic E-state index is 12.2. The highest BCUT2D eigenvalue weighted by molar-refractivity contribution is 7.99. The van der Waals surface area contributed by atoms with Gasteiger partial charge in [0.2, 0.25) is 5.91 Å². The molecule has 1 heterocycles. The average Bonchev–Trinajstić information content (AvgIpc) is 2.73. The smallest absolute Gasteiger partial charge is 0.234 e. The Morgan fingerprint density at radius 1 is 1.00 bits per heavy atom. The van der Waals surface area contributed by atoms with Gasteiger partial charge in [0.15, 0.2) is 0 Å². The Hall–Kier alpha value is -2.66. The molecule has 0 radical (unpaired) electrons. The van der Waals surface area contributed by atoms with E-state index in [-0.39, 0.29) is 5.91 Å². The van der Waals surface area contributed by atoms with Crippen LogP contribution in [0.3, 0.4) is 0 Å². The van der Waals surface area contributed by atoms with Crippen LogP contribution in [0.1, 0.15) is 30.9 Å². The van der Waals surface area contributed by atoms with Crippen LogP contribution < -0.4 is 5.32 Å². The van der Waals surface area contributed by atoms with E-state index in [2.05, 4.69) is 47.6 Å². The third-order valence-electron chi connectivity index (χ3n) is 4.47. The van der Waals surface area contributed by atoms with Crippen LogP contribution in [0.15, 0.2) is 65.7 Å². The number of nitrogens with one attached hydrogen (secondary N) is 1. The van der Waals surface area contributed by atoms with Crippen LogP contribution in [0, 0.1) is 6.92 Å². The molecule has 3 aromatic rings. The maximum absolute atomic E-state index is 12.2. The van der Waals surface area contributed by atoms with Crippen LogP contribution in [0.2, 0.25) is 0 Å². The highest BCUT2D eigenvalue weighted by Gasteiger charge is 2.07. The zero-order valence-electron chi connectivity index (χ0n) is 16.3. The molecule has 3 rings (SSSR count). The van der Waals surface area contributed by atoms with Crippen molar-refractivity contribution >= 4 is 23.4 Å². The lowest BCUT2D eigenvalue weighted by atomic mass is 10.1. The van der Waals surface area contributed by atoms with Crippen LogP contribution in [-0.4, -0.2) is 21.9 Å². The molecule has 0 aliphatic carbocycles. The van der Waals surface area contributed by atoms with E-state index in [0.29, 0.717) is 5.75 Å². The number of hydrogen-bond acceptors (Lipinski definition) is 4. The van der Waals surface area contributed by atoms with E-state index in [9.17, 15) is 4.79 Å². The summed E-state index contributed by atoms with van der Waals surface area (Å²) in [6.07, 6.45) is 3.45. The van der Waals surface area contributed by atoms with Crippen molar-refractivity contribution in [2.45, 2.75) is 38.1 Å². The zero-order valence-corrected chi connectivity index (χ0v) is 17.1. The minimum absolute atomic E-state index is 0.0453.